The zero-order chi connectivity index (χ0) is 18.4. The van der Waals surface area contributed by atoms with Crippen molar-refractivity contribution in [2.24, 2.45) is 0 Å². The van der Waals surface area contributed by atoms with Crippen molar-refractivity contribution in [1.29, 1.82) is 0 Å². The van der Waals surface area contributed by atoms with Gasteiger partial charge in [0.1, 0.15) is 6.61 Å². The highest BCUT2D eigenvalue weighted by Crippen LogP contribution is 2.35. The summed E-state index contributed by atoms with van der Waals surface area (Å²) >= 11 is 1.48. The average molecular weight is 392 g/mol. The monoisotopic (exact) mass is 392 g/mol. The molecular formula is C17H16N2O5S2. The Morgan fingerprint density at radius 2 is 1.88 bits per heavy atom. The molecule has 7 nitrogen and oxygen atoms in total. The molecule has 1 aromatic carbocycles. The van der Waals surface area contributed by atoms with E-state index in [-0.39, 0.29) is 4.90 Å². The molecule has 0 aliphatic carbocycles. The number of nitrogens with one attached hydrogen (secondary N) is 1. The third-order valence-corrected chi connectivity index (χ3v) is 4.83. The Balaban J connectivity index is 0.000000278. The van der Waals surface area contributed by atoms with Gasteiger partial charge in [-0.3, -0.25) is 9.54 Å². The number of aromatic nitrogens is 1. The van der Waals surface area contributed by atoms with E-state index in [4.69, 9.17) is 14.0 Å². The van der Waals surface area contributed by atoms with Gasteiger partial charge in [0.25, 0.3) is 10.1 Å². The minimum absolute atomic E-state index is 0.171. The van der Waals surface area contributed by atoms with Gasteiger partial charge >= 0.3 is 0 Å². The first kappa shape index (κ1) is 18.2. The average Bonchev–Trinajstić information content (AvgIpc) is 3.11. The maximum atomic E-state index is 11.1. The molecule has 0 radical (unpaired) electrons. The Labute approximate surface area is 155 Å². The molecule has 1 aliphatic rings. The van der Waals surface area contributed by atoms with Crippen molar-refractivity contribution in [1.82, 2.24) is 4.98 Å². The normalized spacial score (nSPS) is 15.5. The Kier molecular flexibility index (Phi) is 5.71. The highest BCUT2D eigenvalue weighted by molar-refractivity contribution is 7.85. The molecule has 0 saturated heterocycles. The Morgan fingerprint density at radius 3 is 2.54 bits per heavy atom. The molecule has 0 spiro atoms. The summed E-state index contributed by atoms with van der Waals surface area (Å²) in [5.74, 6) is 1.37. The molecule has 3 aromatic rings. The van der Waals surface area contributed by atoms with Crippen molar-refractivity contribution >= 4 is 27.1 Å². The van der Waals surface area contributed by atoms with Gasteiger partial charge < -0.3 is 14.8 Å². The van der Waals surface area contributed by atoms with E-state index in [9.17, 15) is 8.42 Å². The van der Waals surface area contributed by atoms with Gasteiger partial charge in [-0.25, -0.2) is 0 Å². The lowest BCUT2D eigenvalue weighted by Crippen LogP contribution is -2.35. The molecule has 0 bridgehead atoms. The minimum Gasteiger partial charge on any atom is -0.483 e. The second kappa shape index (κ2) is 8.17. The molecule has 136 valence electrons. The van der Waals surface area contributed by atoms with Crippen molar-refractivity contribution in [2.75, 3.05) is 11.9 Å². The quantitative estimate of drug-likeness (QED) is 0.660. The van der Waals surface area contributed by atoms with Crippen LogP contribution < -0.4 is 14.8 Å². The Bertz CT molecular complexity index is 918. The maximum Gasteiger partial charge on any atom is 0.294 e. The van der Waals surface area contributed by atoms with E-state index in [1.54, 1.807) is 18.5 Å². The third kappa shape index (κ3) is 4.94. The smallest absolute Gasteiger partial charge is 0.294 e. The number of fused-ring (bicyclic) bond motifs is 1. The number of hydrogen-bond acceptors (Lipinski definition) is 7. The summed E-state index contributed by atoms with van der Waals surface area (Å²) in [6, 6.07) is 11.6. The predicted octanol–water partition coefficient (Wildman–Crippen LogP) is 3.29. The number of ether oxygens (including phenoxy) is 2. The molecular weight excluding hydrogens is 376 g/mol. The molecule has 0 amide bonds. The van der Waals surface area contributed by atoms with Gasteiger partial charge in [-0.15, -0.1) is 11.3 Å². The van der Waals surface area contributed by atoms with Crippen LogP contribution in [0.5, 0.6) is 11.5 Å². The molecule has 4 rings (SSSR count). The molecule has 2 aromatic heterocycles. The molecule has 2 N–H and O–H groups in total. The second-order valence-corrected chi connectivity index (χ2v) is 7.35. The van der Waals surface area contributed by atoms with Crippen LogP contribution in [0.2, 0.25) is 0 Å². The number of rotatable bonds is 3. The van der Waals surface area contributed by atoms with Crippen molar-refractivity contribution < 1.29 is 22.4 Å². The molecule has 26 heavy (non-hydrogen) atoms. The van der Waals surface area contributed by atoms with E-state index >= 15 is 0 Å². The zero-order valence-electron chi connectivity index (χ0n) is 13.5. The molecule has 0 fully saturated rings. The highest BCUT2D eigenvalue weighted by Gasteiger charge is 2.21. The summed E-state index contributed by atoms with van der Waals surface area (Å²) in [6.07, 6.45) is 3.08. The lowest BCUT2D eigenvalue weighted by Gasteiger charge is -2.25. The standard InChI is InChI=1S/C12H11NO5S2.C5H5N/c14-20(15,16)9-3-1-2-8(4-9)13-12-5-17-10-6-19-7-11(10)18-12;1-2-4-6-5-3-1/h1-4,6-7,12-13H,5H2,(H,14,15,16);1-5H. The number of pyridine rings is 1. The van der Waals surface area contributed by atoms with Crippen LogP contribution >= 0.6 is 11.3 Å². The van der Waals surface area contributed by atoms with E-state index in [1.807, 2.05) is 29.0 Å². The fraction of sp³-hybridized carbons (Fsp3) is 0.118. The molecule has 1 unspecified atom stereocenters. The molecule has 9 heteroatoms. The maximum absolute atomic E-state index is 11.1. The van der Waals surface area contributed by atoms with Crippen LogP contribution in [-0.4, -0.2) is 30.8 Å². The third-order valence-electron chi connectivity index (χ3n) is 3.28. The SMILES string of the molecule is O=S(=O)(O)c1cccc(NC2COc3cscc3O2)c1.c1ccncc1. The van der Waals surface area contributed by atoms with Crippen molar-refractivity contribution in [3.8, 4) is 11.5 Å². The first-order valence-electron chi connectivity index (χ1n) is 7.57. The van der Waals surface area contributed by atoms with Crippen LogP contribution in [0.1, 0.15) is 0 Å². The van der Waals surface area contributed by atoms with Gasteiger partial charge in [0.2, 0.25) is 6.23 Å². The number of benzene rings is 1. The van der Waals surface area contributed by atoms with Crippen LogP contribution in [0.4, 0.5) is 5.69 Å². The largest absolute Gasteiger partial charge is 0.483 e. The van der Waals surface area contributed by atoms with Crippen molar-refractivity contribution in [2.45, 2.75) is 11.1 Å². The number of hydrogen-bond donors (Lipinski definition) is 2. The lowest BCUT2D eigenvalue weighted by atomic mass is 10.3. The number of thiophene rings is 1. The first-order valence-corrected chi connectivity index (χ1v) is 9.95. The van der Waals surface area contributed by atoms with Crippen LogP contribution in [0, 0.1) is 0 Å². The Morgan fingerprint density at radius 1 is 1.12 bits per heavy atom. The predicted molar refractivity (Wildman–Crippen MR) is 98.3 cm³/mol. The summed E-state index contributed by atoms with van der Waals surface area (Å²) < 4.78 is 42.3. The molecule has 3 heterocycles. The molecule has 0 saturated carbocycles. The summed E-state index contributed by atoms with van der Waals surface area (Å²) in [7, 11) is -4.22. The van der Waals surface area contributed by atoms with Gasteiger partial charge in [-0.05, 0) is 30.3 Å². The van der Waals surface area contributed by atoms with E-state index in [1.165, 1.54) is 29.5 Å². The summed E-state index contributed by atoms with van der Waals surface area (Å²) in [5.41, 5.74) is 0.521. The van der Waals surface area contributed by atoms with E-state index in [0.29, 0.717) is 23.8 Å². The van der Waals surface area contributed by atoms with E-state index < -0.39 is 16.3 Å². The summed E-state index contributed by atoms with van der Waals surface area (Å²) in [5, 5.41) is 6.69. The highest BCUT2D eigenvalue weighted by atomic mass is 32.2. The van der Waals surface area contributed by atoms with Crippen LogP contribution in [0.3, 0.4) is 0 Å². The van der Waals surface area contributed by atoms with Crippen LogP contribution in [-0.2, 0) is 10.1 Å². The second-order valence-electron chi connectivity index (χ2n) is 5.19. The van der Waals surface area contributed by atoms with Gasteiger partial charge in [0, 0.05) is 28.8 Å². The van der Waals surface area contributed by atoms with E-state index in [2.05, 4.69) is 10.3 Å². The van der Waals surface area contributed by atoms with Gasteiger partial charge in [0.15, 0.2) is 11.5 Å². The van der Waals surface area contributed by atoms with E-state index in [0.717, 1.165) is 0 Å². The first-order chi connectivity index (χ1) is 12.5. The molecule has 1 aliphatic heterocycles. The fourth-order valence-corrected chi connectivity index (χ4v) is 3.33. The topological polar surface area (TPSA) is 97.8 Å². The van der Waals surface area contributed by atoms with Gasteiger partial charge in [0.05, 0.1) is 4.90 Å². The fourth-order valence-electron chi connectivity index (χ4n) is 2.13. The van der Waals surface area contributed by atoms with Gasteiger partial charge in [-0.2, -0.15) is 8.42 Å². The lowest BCUT2D eigenvalue weighted by molar-refractivity contribution is 0.111. The van der Waals surface area contributed by atoms with Gasteiger partial charge in [-0.1, -0.05) is 12.1 Å². The Hall–Kier alpha value is -2.62. The van der Waals surface area contributed by atoms with Crippen LogP contribution in [0.25, 0.3) is 0 Å². The zero-order valence-corrected chi connectivity index (χ0v) is 15.1. The molecule has 1 atom stereocenters. The summed E-state index contributed by atoms with van der Waals surface area (Å²) in [6.45, 7) is 0.305. The number of anilines is 1. The number of nitrogens with zero attached hydrogens (tertiary/aromatic N) is 1. The van der Waals surface area contributed by atoms with Crippen molar-refractivity contribution in [3.05, 3.63) is 65.6 Å². The van der Waals surface area contributed by atoms with Crippen LogP contribution in [0.15, 0.2) is 70.5 Å². The summed E-state index contributed by atoms with van der Waals surface area (Å²) in [4.78, 5) is 3.61. The van der Waals surface area contributed by atoms with Crippen molar-refractivity contribution in [3.63, 3.8) is 0 Å². The minimum atomic E-state index is -4.22.